The summed E-state index contributed by atoms with van der Waals surface area (Å²) in [7, 11) is 0.580. The van der Waals surface area contributed by atoms with E-state index in [2.05, 4.69) is 4.98 Å². The van der Waals surface area contributed by atoms with Crippen LogP contribution in [-0.2, 0) is 14.8 Å². The van der Waals surface area contributed by atoms with Crippen LogP contribution >= 0.6 is 0 Å². The monoisotopic (exact) mass is 399 g/mol. The third kappa shape index (κ3) is 3.83. The Hall–Kier alpha value is -2.97. The van der Waals surface area contributed by atoms with Crippen LogP contribution in [0.3, 0.4) is 0 Å². The Morgan fingerprint density at radius 2 is 1.75 bits per heavy atom. The molecule has 146 valence electrons. The van der Waals surface area contributed by atoms with E-state index in [-0.39, 0.29) is 11.4 Å². The number of hydrogen-bond acceptors (Lipinski definition) is 5. The molecule has 28 heavy (non-hydrogen) atoms. The van der Waals surface area contributed by atoms with Gasteiger partial charge in [0, 0.05) is 20.3 Å². The number of ether oxygens (including phenoxy) is 1. The van der Waals surface area contributed by atoms with Crippen molar-refractivity contribution >= 4 is 32.4 Å². The van der Waals surface area contributed by atoms with Crippen molar-refractivity contribution in [2.24, 2.45) is 0 Å². The van der Waals surface area contributed by atoms with E-state index < -0.39 is 15.9 Å². The first-order chi connectivity index (χ1) is 13.3. The number of sulfonamides is 1. The zero-order valence-electron chi connectivity index (χ0n) is 15.9. The highest BCUT2D eigenvalue weighted by Crippen LogP contribution is 2.25. The van der Waals surface area contributed by atoms with E-state index in [1.165, 1.54) is 19.1 Å². The number of hydrogen-bond donors (Lipinski definition) is 0. The number of fused-ring (bicyclic) bond motifs is 1. The second kappa shape index (κ2) is 7.95. The van der Waals surface area contributed by atoms with E-state index in [0.29, 0.717) is 11.6 Å². The number of rotatable bonds is 6. The third-order valence-electron chi connectivity index (χ3n) is 4.47. The molecular formula is C20H21N3O4S. The fourth-order valence-corrected chi connectivity index (χ4v) is 3.97. The van der Waals surface area contributed by atoms with Crippen LogP contribution in [0.25, 0.3) is 10.8 Å². The molecule has 8 heteroatoms. The van der Waals surface area contributed by atoms with Crippen LogP contribution in [-0.4, -0.2) is 51.4 Å². The topological polar surface area (TPSA) is 79.8 Å². The molecule has 0 radical (unpaired) electrons. The normalized spacial score (nSPS) is 11.6. The average Bonchev–Trinajstić information content (AvgIpc) is 2.72. The summed E-state index contributed by atoms with van der Waals surface area (Å²) in [5.74, 6) is -0.114. The van der Waals surface area contributed by atoms with Crippen LogP contribution < -0.4 is 9.64 Å². The Bertz CT molecular complexity index is 1120. The summed E-state index contributed by atoms with van der Waals surface area (Å²) in [6, 6.07) is 15.8. The van der Waals surface area contributed by atoms with Gasteiger partial charge in [-0.1, -0.05) is 30.3 Å². The van der Waals surface area contributed by atoms with Crippen LogP contribution in [0.5, 0.6) is 5.88 Å². The number of carbonyl (C=O) groups excluding carboxylic acids is 1. The lowest BCUT2D eigenvalue weighted by molar-refractivity contribution is -0.118. The van der Waals surface area contributed by atoms with E-state index >= 15 is 0 Å². The minimum atomic E-state index is -3.82. The van der Waals surface area contributed by atoms with Crippen molar-refractivity contribution < 1.29 is 17.9 Å². The van der Waals surface area contributed by atoms with Crippen LogP contribution in [0, 0.1) is 0 Å². The van der Waals surface area contributed by atoms with Gasteiger partial charge in [0.15, 0.2) is 0 Å². The maximum absolute atomic E-state index is 12.9. The summed E-state index contributed by atoms with van der Waals surface area (Å²) >= 11 is 0. The van der Waals surface area contributed by atoms with Crippen molar-refractivity contribution in [3.63, 3.8) is 0 Å². The van der Waals surface area contributed by atoms with Crippen LogP contribution in [0.2, 0.25) is 0 Å². The van der Waals surface area contributed by atoms with Crippen molar-refractivity contribution in [2.75, 3.05) is 32.6 Å². The number of likely N-dealkylation sites (N-methyl/N-ethyl adjacent to an activating group) is 2. The minimum absolute atomic E-state index is 0.142. The summed E-state index contributed by atoms with van der Waals surface area (Å²) < 4.78 is 32.0. The number of pyridine rings is 1. The molecule has 1 amide bonds. The summed E-state index contributed by atoms with van der Waals surface area (Å²) in [6.45, 7) is -0.316. The molecule has 3 aromatic rings. The first-order valence-electron chi connectivity index (χ1n) is 8.55. The molecule has 1 aromatic heterocycles. The smallest absolute Gasteiger partial charge is 0.243 e. The van der Waals surface area contributed by atoms with Gasteiger partial charge in [0.1, 0.15) is 5.69 Å². The molecule has 7 nitrogen and oxygen atoms in total. The van der Waals surface area contributed by atoms with Crippen LogP contribution in [0.4, 0.5) is 5.69 Å². The molecule has 2 aromatic carbocycles. The fraction of sp³-hybridized carbons (Fsp3) is 0.200. The number of amides is 1. The molecule has 0 aliphatic rings. The SMILES string of the molecule is COc1ncccc1N(C)C(=O)CN(C)S(=O)(=O)c1ccc2ccccc2c1. The minimum Gasteiger partial charge on any atom is -0.480 e. The number of nitrogens with zero attached hydrogens (tertiary/aromatic N) is 3. The van der Waals surface area contributed by atoms with E-state index in [4.69, 9.17) is 4.74 Å². The Morgan fingerprint density at radius 3 is 2.46 bits per heavy atom. The third-order valence-corrected chi connectivity index (χ3v) is 6.27. The standard InChI is InChI=1S/C20H21N3O4S/c1-22(14-19(24)23(2)18-9-6-12-21-20(18)27-3)28(25,26)17-11-10-15-7-4-5-8-16(15)13-17/h4-13H,14H2,1-3H3. The molecule has 0 atom stereocenters. The Labute approximate surface area is 164 Å². The Balaban J connectivity index is 1.82. The van der Waals surface area contributed by atoms with E-state index in [1.807, 2.05) is 24.3 Å². The van der Waals surface area contributed by atoms with E-state index in [9.17, 15) is 13.2 Å². The van der Waals surface area contributed by atoms with E-state index in [1.54, 1.807) is 43.6 Å². The first kappa shape index (κ1) is 19.8. The van der Waals surface area contributed by atoms with Crippen molar-refractivity contribution in [2.45, 2.75) is 4.90 Å². The van der Waals surface area contributed by atoms with Crippen molar-refractivity contribution in [1.82, 2.24) is 9.29 Å². The van der Waals surface area contributed by atoms with Gasteiger partial charge >= 0.3 is 0 Å². The summed E-state index contributed by atoms with van der Waals surface area (Å²) in [5, 5.41) is 1.77. The Morgan fingerprint density at radius 1 is 1.04 bits per heavy atom. The average molecular weight is 399 g/mol. The first-order valence-corrected chi connectivity index (χ1v) is 9.99. The lowest BCUT2D eigenvalue weighted by atomic mass is 10.1. The second-order valence-electron chi connectivity index (χ2n) is 6.25. The number of benzene rings is 2. The molecule has 1 heterocycles. The number of aromatic nitrogens is 1. The lowest BCUT2D eigenvalue weighted by Gasteiger charge is -2.23. The molecule has 0 aliphatic heterocycles. The van der Waals surface area contributed by atoms with Gasteiger partial charge in [-0.15, -0.1) is 0 Å². The molecule has 0 aliphatic carbocycles. The summed E-state index contributed by atoms with van der Waals surface area (Å²) in [5.41, 5.74) is 0.464. The van der Waals surface area contributed by atoms with Gasteiger partial charge in [-0.05, 0) is 35.0 Å². The largest absolute Gasteiger partial charge is 0.480 e. The van der Waals surface area contributed by atoms with Gasteiger partial charge in [0.05, 0.1) is 18.6 Å². The molecule has 0 saturated heterocycles. The maximum Gasteiger partial charge on any atom is 0.243 e. The maximum atomic E-state index is 12.9. The van der Waals surface area contributed by atoms with Crippen LogP contribution in [0.15, 0.2) is 65.7 Å². The zero-order valence-corrected chi connectivity index (χ0v) is 16.7. The second-order valence-corrected chi connectivity index (χ2v) is 8.30. The molecule has 0 N–H and O–H groups in total. The van der Waals surface area contributed by atoms with Gasteiger partial charge in [0.2, 0.25) is 21.8 Å². The molecule has 0 bridgehead atoms. The van der Waals surface area contributed by atoms with E-state index in [0.717, 1.165) is 15.1 Å². The fourth-order valence-electron chi connectivity index (χ4n) is 2.82. The number of anilines is 1. The van der Waals surface area contributed by atoms with Crippen molar-refractivity contribution in [1.29, 1.82) is 0 Å². The molecule has 0 saturated carbocycles. The summed E-state index contributed by atoms with van der Waals surface area (Å²) in [6.07, 6.45) is 1.55. The Kier molecular flexibility index (Phi) is 5.62. The highest BCUT2D eigenvalue weighted by Gasteiger charge is 2.26. The highest BCUT2D eigenvalue weighted by molar-refractivity contribution is 7.89. The van der Waals surface area contributed by atoms with Gasteiger partial charge in [-0.2, -0.15) is 4.31 Å². The molecular weight excluding hydrogens is 378 g/mol. The molecule has 0 spiro atoms. The van der Waals surface area contributed by atoms with Crippen LogP contribution in [0.1, 0.15) is 0 Å². The predicted molar refractivity (Wildman–Crippen MR) is 108 cm³/mol. The molecule has 0 unspecified atom stereocenters. The van der Waals surface area contributed by atoms with Crippen molar-refractivity contribution in [3.8, 4) is 5.88 Å². The lowest BCUT2D eigenvalue weighted by Crippen LogP contribution is -2.39. The van der Waals surface area contributed by atoms with Crippen molar-refractivity contribution in [3.05, 3.63) is 60.8 Å². The molecule has 0 fully saturated rings. The predicted octanol–water partition coefficient (Wildman–Crippen LogP) is 2.53. The quantitative estimate of drug-likeness (QED) is 0.636. The zero-order chi connectivity index (χ0) is 20.3. The summed E-state index contributed by atoms with van der Waals surface area (Å²) in [4.78, 5) is 18.2. The van der Waals surface area contributed by atoms with Gasteiger partial charge in [-0.25, -0.2) is 13.4 Å². The number of carbonyl (C=O) groups is 1. The van der Waals surface area contributed by atoms with Gasteiger partial charge in [-0.3, -0.25) is 4.79 Å². The number of methoxy groups -OCH3 is 1. The van der Waals surface area contributed by atoms with Gasteiger partial charge < -0.3 is 9.64 Å². The highest BCUT2D eigenvalue weighted by atomic mass is 32.2. The van der Waals surface area contributed by atoms with Gasteiger partial charge in [0.25, 0.3) is 0 Å². The molecule has 3 rings (SSSR count).